The Labute approximate surface area is 97.4 Å². The molecular formula is C10H15F3N4. The van der Waals surface area contributed by atoms with Crippen molar-refractivity contribution in [2.45, 2.75) is 32.9 Å². The zero-order valence-electron chi connectivity index (χ0n) is 9.73. The van der Waals surface area contributed by atoms with Crippen LogP contribution in [0.3, 0.4) is 0 Å². The van der Waals surface area contributed by atoms with Crippen molar-refractivity contribution >= 4 is 11.6 Å². The number of nitrogen functional groups attached to an aromatic ring is 1. The van der Waals surface area contributed by atoms with Gasteiger partial charge in [0.25, 0.3) is 0 Å². The number of aryl methyl sites for hydroxylation is 1. The van der Waals surface area contributed by atoms with Gasteiger partial charge in [0, 0.05) is 18.5 Å². The van der Waals surface area contributed by atoms with E-state index in [0.29, 0.717) is 29.4 Å². The number of halogens is 3. The Balaban J connectivity index is 2.73. The number of alkyl halides is 3. The van der Waals surface area contributed by atoms with Gasteiger partial charge in [-0.1, -0.05) is 6.92 Å². The van der Waals surface area contributed by atoms with Crippen molar-refractivity contribution in [2.75, 3.05) is 17.6 Å². The van der Waals surface area contributed by atoms with Crippen LogP contribution in [0.4, 0.5) is 24.8 Å². The second-order valence-electron chi connectivity index (χ2n) is 3.64. The standard InChI is InChI=1S/C10H15F3N4/c1-3-7-16-8(14)6(2)9(17-7)15-5-4-10(11,12)13/h3-5H2,1-2H3,(H3,14,15,16,17). The molecule has 0 fully saturated rings. The van der Waals surface area contributed by atoms with E-state index in [1.54, 1.807) is 6.92 Å². The van der Waals surface area contributed by atoms with E-state index in [0.717, 1.165) is 0 Å². The molecule has 1 aromatic heterocycles. The average Bonchev–Trinajstić information content (AvgIpc) is 2.22. The van der Waals surface area contributed by atoms with Crippen LogP contribution in [0.15, 0.2) is 0 Å². The lowest BCUT2D eigenvalue weighted by molar-refractivity contribution is -0.131. The first-order valence-electron chi connectivity index (χ1n) is 5.27. The normalized spacial score (nSPS) is 11.6. The number of anilines is 2. The molecule has 1 rings (SSSR count). The Morgan fingerprint density at radius 1 is 1.29 bits per heavy atom. The van der Waals surface area contributed by atoms with E-state index in [2.05, 4.69) is 15.3 Å². The molecule has 4 nitrogen and oxygen atoms in total. The summed E-state index contributed by atoms with van der Waals surface area (Å²) in [5.41, 5.74) is 6.21. The van der Waals surface area contributed by atoms with Crippen molar-refractivity contribution in [1.82, 2.24) is 9.97 Å². The van der Waals surface area contributed by atoms with Gasteiger partial charge < -0.3 is 11.1 Å². The second-order valence-corrected chi connectivity index (χ2v) is 3.64. The van der Waals surface area contributed by atoms with Crippen molar-refractivity contribution in [1.29, 1.82) is 0 Å². The van der Waals surface area contributed by atoms with Crippen molar-refractivity contribution in [3.8, 4) is 0 Å². The van der Waals surface area contributed by atoms with Crippen molar-refractivity contribution in [3.05, 3.63) is 11.4 Å². The molecule has 0 atom stereocenters. The van der Waals surface area contributed by atoms with Crippen LogP contribution >= 0.6 is 0 Å². The lowest BCUT2D eigenvalue weighted by Crippen LogP contribution is -2.16. The fourth-order valence-corrected chi connectivity index (χ4v) is 1.23. The number of hydrogen-bond donors (Lipinski definition) is 2. The third-order valence-corrected chi connectivity index (χ3v) is 2.25. The molecule has 0 aliphatic carbocycles. The summed E-state index contributed by atoms with van der Waals surface area (Å²) in [4.78, 5) is 8.11. The number of aromatic nitrogens is 2. The summed E-state index contributed by atoms with van der Waals surface area (Å²) >= 11 is 0. The summed E-state index contributed by atoms with van der Waals surface area (Å²) in [6, 6.07) is 0. The van der Waals surface area contributed by atoms with Crippen LogP contribution in [0.5, 0.6) is 0 Å². The molecule has 0 amide bonds. The van der Waals surface area contributed by atoms with E-state index < -0.39 is 12.6 Å². The molecule has 0 radical (unpaired) electrons. The summed E-state index contributed by atoms with van der Waals surface area (Å²) in [7, 11) is 0. The molecule has 1 aromatic rings. The molecule has 0 saturated heterocycles. The summed E-state index contributed by atoms with van der Waals surface area (Å²) in [6.45, 7) is 3.30. The smallest absolute Gasteiger partial charge is 0.383 e. The van der Waals surface area contributed by atoms with Crippen LogP contribution in [0, 0.1) is 6.92 Å². The molecular weight excluding hydrogens is 233 g/mol. The average molecular weight is 248 g/mol. The molecule has 0 bridgehead atoms. The fraction of sp³-hybridized carbons (Fsp3) is 0.600. The molecule has 0 spiro atoms. The Kier molecular flexibility index (Phi) is 4.14. The van der Waals surface area contributed by atoms with Gasteiger partial charge in [0.1, 0.15) is 17.5 Å². The zero-order valence-corrected chi connectivity index (χ0v) is 9.73. The minimum atomic E-state index is -4.17. The molecule has 0 aromatic carbocycles. The predicted octanol–water partition coefficient (Wildman–Crippen LogP) is 2.29. The van der Waals surface area contributed by atoms with Crippen molar-refractivity contribution < 1.29 is 13.2 Å². The maximum absolute atomic E-state index is 12.0. The Bertz CT molecular complexity index is 390. The van der Waals surface area contributed by atoms with E-state index in [1.165, 1.54) is 0 Å². The first-order valence-corrected chi connectivity index (χ1v) is 5.27. The number of rotatable bonds is 4. The van der Waals surface area contributed by atoms with Crippen molar-refractivity contribution in [3.63, 3.8) is 0 Å². The number of nitrogens with one attached hydrogen (secondary N) is 1. The monoisotopic (exact) mass is 248 g/mol. The molecule has 0 aliphatic heterocycles. The summed E-state index contributed by atoms with van der Waals surface area (Å²) in [5.74, 6) is 1.19. The largest absolute Gasteiger partial charge is 0.390 e. The van der Waals surface area contributed by atoms with Gasteiger partial charge >= 0.3 is 6.18 Å². The maximum atomic E-state index is 12.0. The van der Waals surface area contributed by atoms with E-state index >= 15 is 0 Å². The molecule has 96 valence electrons. The predicted molar refractivity (Wildman–Crippen MR) is 59.7 cm³/mol. The Morgan fingerprint density at radius 3 is 2.47 bits per heavy atom. The molecule has 0 saturated carbocycles. The van der Waals surface area contributed by atoms with Crippen molar-refractivity contribution in [2.24, 2.45) is 0 Å². The van der Waals surface area contributed by atoms with E-state index in [1.807, 2.05) is 6.92 Å². The lowest BCUT2D eigenvalue weighted by Gasteiger charge is -2.12. The first kappa shape index (κ1) is 13.5. The molecule has 3 N–H and O–H groups in total. The summed E-state index contributed by atoms with van der Waals surface area (Å²) in [5, 5.41) is 2.63. The van der Waals surface area contributed by atoms with Crippen LogP contribution in [0.2, 0.25) is 0 Å². The summed E-state index contributed by atoms with van der Waals surface area (Å²) < 4.78 is 36.0. The van der Waals surface area contributed by atoms with Gasteiger partial charge in [0.05, 0.1) is 6.42 Å². The first-order chi connectivity index (χ1) is 7.83. The van der Waals surface area contributed by atoms with Crippen LogP contribution in [0.1, 0.15) is 24.7 Å². The third-order valence-electron chi connectivity index (χ3n) is 2.25. The van der Waals surface area contributed by atoms with Crippen LogP contribution < -0.4 is 11.1 Å². The topological polar surface area (TPSA) is 63.8 Å². The molecule has 1 heterocycles. The second kappa shape index (κ2) is 5.20. The quantitative estimate of drug-likeness (QED) is 0.858. The Hall–Kier alpha value is -1.53. The highest BCUT2D eigenvalue weighted by molar-refractivity contribution is 5.54. The van der Waals surface area contributed by atoms with Gasteiger partial charge in [-0.2, -0.15) is 13.2 Å². The fourth-order valence-electron chi connectivity index (χ4n) is 1.23. The Morgan fingerprint density at radius 2 is 1.94 bits per heavy atom. The highest BCUT2D eigenvalue weighted by Crippen LogP contribution is 2.21. The van der Waals surface area contributed by atoms with Crippen LogP contribution in [-0.4, -0.2) is 22.7 Å². The third kappa shape index (κ3) is 4.08. The zero-order chi connectivity index (χ0) is 13.1. The molecule has 0 unspecified atom stereocenters. The van der Waals surface area contributed by atoms with Crippen LogP contribution in [-0.2, 0) is 6.42 Å². The summed E-state index contributed by atoms with van der Waals surface area (Å²) in [6.07, 6.45) is -4.50. The van der Waals surface area contributed by atoms with E-state index in [-0.39, 0.29) is 6.54 Å². The lowest BCUT2D eigenvalue weighted by atomic mass is 10.3. The highest BCUT2D eigenvalue weighted by Gasteiger charge is 2.26. The number of hydrogen-bond acceptors (Lipinski definition) is 4. The number of nitrogens with zero attached hydrogens (tertiary/aromatic N) is 2. The molecule has 17 heavy (non-hydrogen) atoms. The van der Waals surface area contributed by atoms with E-state index in [4.69, 9.17) is 5.73 Å². The highest BCUT2D eigenvalue weighted by atomic mass is 19.4. The van der Waals surface area contributed by atoms with Gasteiger partial charge in [-0.3, -0.25) is 0 Å². The minimum Gasteiger partial charge on any atom is -0.383 e. The number of nitrogens with two attached hydrogens (primary N) is 1. The maximum Gasteiger partial charge on any atom is 0.390 e. The molecule has 0 aliphatic rings. The van der Waals surface area contributed by atoms with Gasteiger partial charge in [-0.25, -0.2) is 9.97 Å². The van der Waals surface area contributed by atoms with Gasteiger partial charge in [0.15, 0.2) is 0 Å². The van der Waals surface area contributed by atoms with Crippen LogP contribution in [0.25, 0.3) is 0 Å². The van der Waals surface area contributed by atoms with Gasteiger partial charge in [0.2, 0.25) is 0 Å². The van der Waals surface area contributed by atoms with E-state index in [9.17, 15) is 13.2 Å². The SMILES string of the molecule is CCc1nc(N)c(C)c(NCCC(F)(F)F)n1. The van der Waals surface area contributed by atoms with Gasteiger partial charge in [-0.15, -0.1) is 0 Å². The van der Waals surface area contributed by atoms with Gasteiger partial charge in [-0.05, 0) is 6.92 Å². The molecule has 7 heteroatoms. The minimum absolute atomic E-state index is 0.218.